The molecule has 19 heavy (non-hydrogen) atoms. The summed E-state index contributed by atoms with van der Waals surface area (Å²) in [5, 5.41) is 3.76. The molecule has 116 valence electrons. The van der Waals surface area contributed by atoms with Crippen LogP contribution >= 0.6 is 0 Å². The second-order valence-corrected chi connectivity index (χ2v) is 7.37. The predicted octanol–water partition coefficient (Wildman–Crippen LogP) is 5.93. The van der Waals surface area contributed by atoms with Gasteiger partial charge >= 0.3 is 0 Å². The largest absolute Gasteiger partial charge is 0.312 e. The second-order valence-electron chi connectivity index (χ2n) is 7.37. The highest BCUT2D eigenvalue weighted by Crippen LogP contribution is 2.34. The molecule has 1 N–H and O–H groups in total. The van der Waals surface area contributed by atoms with E-state index in [9.17, 15) is 0 Å². The molecule has 0 heterocycles. The van der Waals surface area contributed by atoms with Crippen molar-refractivity contribution in [2.45, 2.75) is 105 Å². The molecule has 1 atom stereocenters. The van der Waals surface area contributed by atoms with E-state index in [0.717, 1.165) is 0 Å². The molecular formula is C18H39N. The Morgan fingerprint density at radius 1 is 0.737 bits per heavy atom. The fourth-order valence-electron chi connectivity index (χ4n) is 2.71. The van der Waals surface area contributed by atoms with Crippen molar-refractivity contribution in [3.8, 4) is 0 Å². The van der Waals surface area contributed by atoms with Gasteiger partial charge in [-0.1, -0.05) is 59.3 Å². The first-order valence-electron chi connectivity index (χ1n) is 8.64. The minimum atomic E-state index is 0.246. The molecule has 0 saturated carbocycles. The van der Waals surface area contributed by atoms with Crippen LogP contribution in [0.4, 0.5) is 0 Å². The average Bonchev–Trinajstić information content (AvgIpc) is 2.36. The Balaban J connectivity index is 4.40. The molecule has 0 aromatic rings. The third-order valence-corrected chi connectivity index (χ3v) is 4.37. The van der Waals surface area contributed by atoms with Gasteiger partial charge in [0.25, 0.3) is 0 Å². The first-order chi connectivity index (χ1) is 8.89. The fourth-order valence-corrected chi connectivity index (χ4v) is 2.71. The molecule has 0 aliphatic rings. The molecule has 0 aliphatic carbocycles. The van der Waals surface area contributed by atoms with E-state index in [2.05, 4.69) is 46.9 Å². The minimum Gasteiger partial charge on any atom is -0.312 e. The molecule has 0 spiro atoms. The summed E-state index contributed by atoms with van der Waals surface area (Å²) in [4.78, 5) is 0. The molecule has 0 amide bonds. The first-order valence-corrected chi connectivity index (χ1v) is 8.64. The van der Waals surface area contributed by atoms with Crippen molar-refractivity contribution < 1.29 is 0 Å². The van der Waals surface area contributed by atoms with Crippen molar-refractivity contribution in [3.05, 3.63) is 0 Å². The highest BCUT2D eigenvalue weighted by Gasteiger charge is 2.28. The smallest absolute Gasteiger partial charge is 0.00967 e. The van der Waals surface area contributed by atoms with Gasteiger partial charge < -0.3 is 5.32 Å². The van der Waals surface area contributed by atoms with Gasteiger partial charge in [0.05, 0.1) is 0 Å². The van der Waals surface area contributed by atoms with Crippen LogP contribution in [-0.4, -0.2) is 12.1 Å². The Labute approximate surface area is 122 Å². The lowest BCUT2D eigenvalue weighted by Crippen LogP contribution is -2.44. The quantitative estimate of drug-likeness (QED) is 0.458. The van der Waals surface area contributed by atoms with E-state index in [1.165, 1.54) is 64.3 Å². The molecule has 0 radical (unpaired) electrons. The molecule has 0 fully saturated rings. The zero-order chi connectivity index (χ0) is 14.8. The summed E-state index contributed by atoms with van der Waals surface area (Å²) in [5.74, 6) is 0. The van der Waals surface area contributed by atoms with Crippen LogP contribution in [0, 0.1) is 5.41 Å². The second kappa shape index (κ2) is 9.80. The molecule has 0 aromatic heterocycles. The first kappa shape index (κ1) is 19.0. The maximum Gasteiger partial charge on any atom is 0.00967 e. The van der Waals surface area contributed by atoms with Crippen LogP contribution in [0.3, 0.4) is 0 Å². The Bertz CT molecular complexity index is 204. The Morgan fingerprint density at radius 3 is 1.79 bits per heavy atom. The van der Waals surface area contributed by atoms with E-state index in [0.29, 0.717) is 5.41 Å². The van der Waals surface area contributed by atoms with Crippen molar-refractivity contribution in [3.63, 3.8) is 0 Å². The standard InChI is InChI=1S/C18H39N/c1-7-10-12-13-15-18(9-3,14-11-8-2)16-19-17(4,5)6/h19H,7-16H2,1-6H3. The summed E-state index contributed by atoms with van der Waals surface area (Å²) in [6, 6.07) is 0. The maximum absolute atomic E-state index is 3.76. The molecule has 0 saturated heterocycles. The van der Waals surface area contributed by atoms with Gasteiger partial charge in [-0.25, -0.2) is 0 Å². The Morgan fingerprint density at radius 2 is 1.32 bits per heavy atom. The van der Waals surface area contributed by atoms with Gasteiger partial charge in [-0.3, -0.25) is 0 Å². The SMILES string of the molecule is CCCCCCC(CC)(CCCC)CNC(C)(C)C. The van der Waals surface area contributed by atoms with Gasteiger partial charge in [0.1, 0.15) is 0 Å². The van der Waals surface area contributed by atoms with E-state index in [1.807, 2.05) is 0 Å². The van der Waals surface area contributed by atoms with Crippen LogP contribution in [0.25, 0.3) is 0 Å². The summed E-state index contributed by atoms with van der Waals surface area (Å²) in [7, 11) is 0. The molecule has 0 rings (SSSR count). The van der Waals surface area contributed by atoms with Crippen LogP contribution in [-0.2, 0) is 0 Å². The predicted molar refractivity (Wildman–Crippen MR) is 88.8 cm³/mol. The lowest BCUT2D eigenvalue weighted by molar-refractivity contribution is 0.186. The third kappa shape index (κ3) is 9.49. The normalized spacial score (nSPS) is 15.5. The highest BCUT2D eigenvalue weighted by molar-refractivity contribution is 4.84. The number of rotatable bonds is 11. The highest BCUT2D eigenvalue weighted by atomic mass is 15.0. The Kier molecular flexibility index (Phi) is 9.78. The van der Waals surface area contributed by atoms with Crippen LogP contribution in [0.2, 0.25) is 0 Å². The van der Waals surface area contributed by atoms with Crippen LogP contribution in [0.5, 0.6) is 0 Å². The number of unbranched alkanes of at least 4 members (excludes halogenated alkanes) is 4. The van der Waals surface area contributed by atoms with E-state index >= 15 is 0 Å². The topological polar surface area (TPSA) is 12.0 Å². The molecule has 0 aliphatic heterocycles. The molecule has 1 unspecified atom stereocenters. The van der Waals surface area contributed by atoms with Gasteiger partial charge in [-0.2, -0.15) is 0 Å². The summed E-state index contributed by atoms with van der Waals surface area (Å²) < 4.78 is 0. The fraction of sp³-hybridized carbons (Fsp3) is 1.00. The molecule has 1 heteroatoms. The van der Waals surface area contributed by atoms with E-state index in [1.54, 1.807) is 0 Å². The zero-order valence-electron chi connectivity index (χ0n) is 14.6. The van der Waals surface area contributed by atoms with Crippen LogP contribution < -0.4 is 5.32 Å². The van der Waals surface area contributed by atoms with Crippen molar-refractivity contribution in [2.75, 3.05) is 6.54 Å². The average molecular weight is 270 g/mol. The van der Waals surface area contributed by atoms with Gasteiger partial charge in [0.15, 0.2) is 0 Å². The summed E-state index contributed by atoms with van der Waals surface area (Å²) in [6.45, 7) is 15.0. The van der Waals surface area contributed by atoms with E-state index in [4.69, 9.17) is 0 Å². The zero-order valence-corrected chi connectivity index (χ0v) is 14.6. The molecular weight excluding hydrogens is 230 g/mol. The molecule has 0 aromatic carbocycles. The van der Waals surface area contributed by atoms with Crippen molar-refractivity contribution in [1.82, 2.24) is 5.32 Å². The molecule has 1 nitrogen and oxygen atoms in total. The van der Waals surface area contributed by atoms with E-state index in [-0.39, 0.29) is 5.54 Å². The minimum absolute atomic E-state index is 0.246. The summed E-state index contributed by atoms with van der Waals surface area (Å²) in [6.07, 6.45) is 12.4. The van der Waals surface area contributed by atoms with Crippen LogP contribution in [0.1, 0.15) is 99.3 Å². The maximum atomic E-state index is 3.76. The van der Waals surface area contributed by atoms with Gasteiger partial charge in [-0.15, -0.1) is 0 Å². The summed E-state index contributed by atoms with van der Waals surface area (Å²) in [5.41, 5.74) is 0.785. The van der Waals surface area contributed by atoms with E-state index < -0.39 is 0 Å². The number of hydrogen-bond acceptors (Lipinski definition) is 1. The third-order valence-electron chi connectivity index (χ3n) is 4.37. The van der Waals surface area contributed by atoms with Gasteiger partial charge in [0, 0.05) is 12.1 Å². The van der Waals surface area contributed by atoms with Crippen molar-refractivity contribution >= 4 is 0 Å². The van der Waals surface area contributed by atoms with Gasteiger partial charge in [-0.05, 0) is 45.4 Å². The van der Waals surface area contributed by atoms with Crippen molar-refractivity contribution in [1.29, 1.82) is 0 Å². The van der Waals surface area contributed by atoms with Gasteiger partial charge in [0.2, 0.25) is 0 Å². The number of nitrogens with one attached hydrogen (secondary N) is 1. The monoisotopic (exact) mass is 269 g/mol. The Hall–Kier alpha value is -0.0400. The number of hydrogen-bond donors (Lipinski definition) is 1. The molecule has 0 bridgehead atoms. The summed E-state index contributed by atoms with van der Waals surface area (Å²) >= 11 is 0. The lowest BCUT2D eigenvalue weighted by Gasteiger charge is -2.36. The lowest BCUT2D eigenvalue weighted by atomic mass is 9.75. The van der Waals surface area contributed by atoms with Crippen LogP contribution in [0.15, 0.2) is 0 Å². The van der Waals surface area contributed by atoms with Crippen molar-refractivity contribution in [2.24, 2.45) is 5.41 Å².